The van der Waals surface area contributed by atoms with Gasteiger partial charge < -0.3 is 15.3 Å². The first-order valence-corrected chi connectivity index (χ1v) is 13.8. The lowest BCUT2D eigenvalue weighted by Gasteiger charge is -2.37. The number of piperazine rings is 1. The van der Waals surface area contributed by atoms with E-state index >= 15 is 0 Å². The number of amides is 1. The van der Waals surface area contributed by atoms with Gasteiger partial charge in [0.2, 0.25) is 0 Å². The van der Waals surface area contributed by atoms with Gasteiger partial charge in [-0.05, 0) is 55.8 Å². The quantitative estimate of drug-likeness (QED) is 0.236. The number of halogens is 5. The van der Waals surface area contributed by atoms with Crippen molar-refractivity contribution >= 4 is 60.4 Å². The number of aliphatic hydroxyl groups excluding tert-OH is 1. The zero-order valence-electron chi connectivity index (χ0n) is 23.9. The standard InChI is InChI=1S/C31H33ClFN5O2.3ClH/c1-21-27(32)9-6-10-28(21)37-17-15-36(16-18-37)20-26(39)19-34-31(40)29-22(2)38(25-13-11-24(33)12-14-25)30(35-29)23-7-4-3-5-8-23;;;/h3-14,26,39H,15-20H2,1-2H3,(H,34,40);3*1H/t26-;;;/m0.../s1. The van der Waals surface area contributed by atoms with Crippen LogP contribution in [0, 0.1) is 19.7 Å². The molecule has 5 rings (SSSR count). The summed E-state index contributed by atoms with van der Waals surface area (Å²) in [5.74, 6) is -0.116. The zero-order chi connectivity index (χ0) is 28.2. The van der Waals surface area contributed by atoms with Crippen molar-refractivity contribution in [2.75, 3.05) is 44.2 Å². The van der Waals surface area contributed by atoms with Crippen molar-refractivity contribution in [2.24, 2.45) is 0 Å². The van der Waals surface area contributed by atoms with Gasteiger partial charge in [0.1, 0.15) is 17.3 Å². The number of anilines is 1. The molecule has 1 fully saturated rings. The molecule has 1 saturated heterocycles. The van der Waals surface area contributed by atoms with Crippen molar-refractivity contribution < 1.29 is 14.3 Å². The van der Waals surface area contributed by atoms with Crippen molar-refractivity contribution in [3.8, 4) is 17.1 Å². The smallest absolute Gasteiger partial charge is 0.271 e. The Bertz CT molecular complexity index is 1480. The summed E-state index contributed by atoms with van der Waals surface area (Å²) in [5.41, 5.74) is 4.65. The average molecular weight is 671 g/mol. The fraction of sp³-hybridized carbons (Fsp3) is 0.290. The second-order valence-corrected chi connectivity index (χ2v) is 10.5. The van der Waals surface area contributed by atoms with Crippen LogP contribution in [0.15, 0.2) is 72.8 Å². The summed E-state index contributed by atoms with van der Waals surface area (Å²) >= 11 is 6.30. The third-order valence-electron chi connectivity index (χ3n) is 7.36. The van der Waals surface area contributed by atoms with E-state index in [9.17, 15) is 14.3 Å². The summed E-state index contributed by atoms with van der Waals surface area (Å²) in [5, 5.41) is 14.3. The van der Waals surface area contributed by atoms with Gasteiger partial charge in [-0.2, -0.15) is 0 Å². The number of β-amino-alcohol motifs (C(OH)–C–C–N with tert-alkyl or cyclic N) is 1. The number of hydrogen-bond donors (Lipinski definition) is 2. The Kier molecular flexibility index (Phi) is 13.8. The van der Waals surface area contributed by atoms with E-state index in [-0.39, 0.29) is 61.2 Å². The highest BCUT2D eigenvalue weighted by molar-refractivity contribution is 6.31. The number of imidazole rings is 1. The van der Waals surface area contributed by atoms with Crippen molar-refractivity contribution in [3.05, 3.63) is 101 Å². The number of aromatic nitrogens is 2. The molecule has 1 atom stereocenters. The van der Waals surface area contributed by atoms with E-state index in [0.717, 1.165) is 48.0 Å². The van der Waals surface area contributed by atoms with Crippen LogP contribution in [0.5, 0.6) is 0 Å². The number of hydrogen-bond acceptors (Lipinski definition) is 5. The normalized spacial score (nSPS) is 13.7. The van der Waals surface area contributed by atoms with Crippen LogP contribution in [-0.4, -0.2) is 70.8 Å². The molecule has 0 radical (unpaired) electrons. The summed E-state index contributed by atoms with van der Waals surface area (Å²) < 4.78 is 15.5. The number of carbonyl (C=O) groups excluding carboxylic acids is 1. The summed E-state index contributed by atoms with van der Waals surface area (Å²) in [6.45, 7) is 7.69. The maximum absolute atomic E-state index is 13.6. The average Bonchev–Trinajstić information content (AvgIpc) is 3.31. The van der Waals surface area contributed by atoms with Crippen molar-refractivity contribution in [1.29, 1.82) is 0 Å². The Hall–Kier alpha value is -2.85. The maximum Gasteiger partial charge on any atom is 0.271 e. The molecule has 0 unspecified atom stereocenters. The van der Waals surface area contributed by atoms with Crippen LogP contribution in [-0.2, 0) is 0 Å². The van der Waals surface area contributed by atoms with Crippen molar-refractivity contribution in [1.82, 2.24) is 19.8 Å². The Morgan fingerprint density at radius 1 is 0.953 bits per heavy atom. The molecule has 0 spiro atoms. The van der Waals surface area contributed by atoms with E-state index in [1.807, 2.05) is 60.9 Å². The maximum atomic E-state index is 13.6. The fourth-order valence-electron chi connectivity index (χ4n) is 5.17. The summed E-state index contributed by atoms with van der Waals surface area (Å²) in [6.07, 6.45) is -0.725. The highest BCUT2D eigenvalue weighted by Gasteiger charge is 2.24. The number of nitrogens with one attached hydrogen (secondary N) is 1. The molecule has 4 aromatic rings. The number of carbonyl (C=O) groups is 1. The first-order valence-electron chi connectivity index (χ1n) is 13.4. The third-order valence-corrected chi connectivity index (χ3v) is 7.77. The largest absolute Gasteiger partial charge is 0.390 e. The number of rotatable bonds is 8. The summed E-state index contributed by atoms with van der Waals surface area (Å²) in [4.78, 5) is 22.4. The Morgan fingerprint density at radius 3 is 2.26 bits per heavy atom. The predicted octanol–water partition coefficient (Wildman–Crippen LogP) is 6.13. The second-order valence-electron chi connectivity index (χ2n) is 10.1. The second kappa shape index (κ2) is 16.3. The monoisotopic (exact) mass is 669 g/mol. The molecule has 0 bridgehead atoms. The van der Waals surface area contributed by atoms with E-state index in [0.29, 0.717) is 23.8 Å². The molecule has 43 heavy (non-hydrogen) atoms. The Labute approximate surface area is 275 Å². The predicted molar refractivity (Wildman–Crippen MR) is 179 cm³/mol. The number of benzene rings is 3. The Balaban J connectivity index is 0.00000215. The highest BCUT2D eigenvalue weighted by Crippen LogP contribution is 2.28. The van der Waals surface area contributed by atoms with Crippen LogP contribution in [0.2, 0.25) is 5.02 Å². The zero-order valence-corrected chi connectivity index (χ0v) is 27.1. The van der Waals surface area contributed by atoms with Crippen LogP contribution in [0.4, 0.5) is 10.1 Å². The van der Waals surface area contributed by atoms with Crippen molar-refractivity contribution in [2.45, 2.75) is 20.0 Å². The minimum absolute atomic E-state index is 0. The lowest BCUT2D eigenvalue weighted by molar-refractivity contribution is 0.0847. The van der Waals surface area contributed by atoms with Crippen LogP contribution < -0.4 is 10.2 Å². The van der Waals surface area contributed by atoms with E-state index in [1.165, 1.54) is 12.1 Å². The topological polar surface area (TPSA) is 73.6 Å². The molecule has 1 aliphatic heterocycles. The molecule has 7 nitrogen and oxygen atoms in total. The molecule has 2 heterocycles. The SMILES string of the molecule is Cc1c(Cl)cccc1N1CCN(C[C@@H](O)CNC(=O)c2nc(-c3ccccc3)n(-c3ccc(F)cc3)c2C)CC1.Cl.Cl.Cl. The highest BCUT2D eigenvalue weighted by atomic mass is 35.5. The summed E-state index contributed by atoms with van der Waals surface area (Å²) in [7, 11) is 0. The fourth-order valence-corrected chi connectivity index (χ4v) is 5.34. The molecule has 1 aliphatic rings. The van der Waals surface area contributed by atoms with Gasteiger partial charge in [-0.1, -0.05) is 48.0 Å². The van der Waals surface area contributed by atoms with E-state index in [4.69, 9.17) is 11.6 Å². The first-order chi connectivity index (χ1) is 19.3. The molecule has 3 aromatic carbocycles. The van der Waals surface area contributed by atoms with Gasteiger partial charge in [0.25, 0.3) is 5.91 Å². The third kappa shape index (κ3) is 8.41. The molecular weight excluding hydrogens is 635 g/mol. The lowest BCUT2D eigenvalue weighted by Crippen LogP contribution is -2.50. The minimum atomic E-state index is -0.725. The number of nitrogens with zero attached hydrogens (tertiary/aromatic N) is 4. The van der Waals surface area contributed by atoms with Crippen molar-refractivity contribution in [3.63, 3.8) is 0 Å². The molecule has 232 valence electrons. The molecule has 1 aromatic heterocycles. The Morgan fingerprint density at radius 2 is 1.60 bits per heavy atom. The van der Waals surface area contributed by atoms with Gasteiger partial charge in [0.05, 0.1) is 11.8 Å². The van der Waals surface area contributed by atoms with Gasteiger partial charge in [0, 0.05) is 61.2 Å². The van der Waals surface area contributed by atoms with Gasteiger partial charge in [-0.15, -0.1) is 37.2 Å². The van der Waals surface area contributed by atoms with Gasteiger partial charge >= 0.3 is 0 Å². The van der Waals surface area contributed by atoms with E-state index in [1.54, 1.807) is 12.1 Å². The molecule has 1 amide bonds. The number of aliphatic hydroxyl groups is 1. The van der Waals surface area contributed by atoms with Gasteiger partial charge in [-0.25, -0.2) is 9.37 Å². The van der Waals surface area contributed by atoms with Crippen LogP contribution >= 0.6 is 48.8 Å². The molecular formula is C31H36Cl4FN5O2. The molecule has 2 N–H and O–H groups in total. The molecule has 0 saturated carbocycles. The molecule has 0 aliphatic carbocycles. The van der Waals surface area contributed by atoms with Crippen LogP contribution in [0.25, 0.3) is 17.1 Å². The van der Waals surface area contributed by atoms with Gasteiger partial charge in [-0.3, -0.25) is 14.3 Å². The first kappa shape index (κ1) is 36.3. The van der Waals surface area contributed by atoms with E-state index < -0.39 is 6.10 Å². The van der Waals surface area contributed by atoms with Gasteiger partial charge in [0.15, 0.2) is 0 Å². The lowest BCUT2D eigenvalue weighted by atomic mass is 10.1. The van der Waals surface area contributed by atoms with Crippen LogP contribution in [0.3, 0.4) is 0 Å². The minimum Gasteiger partial charge on any atom is -0.390 e. The summed E-state index contributed by atoms with van der Waals surface area (Å²) in [6, 6.07) is 21.6. The molecule has 12 heteroatoms. The van der Waals surface area contributed by atoms with E-state index in [2.05, 4.69) is 26.2 Å². The van der Waals surface area contributed by atoms with Crippen LogP contribution in [0.1, 0.15) is 21.7 Å².